The van der Waals surface area contributed by atoms with E-state index in [1.54, 1.807) is 30.7 Å². The highest BCUT2D eigenvalue weighted by molar-refractivity contribution is 7.15. The maximum Gasteiger partial charge on any atom is 0.308 e. The molecule has 0 bridgehead atoms. The van der Waals surface area contributed by atoms with Gasteiger partial charge in [0.15, 0.2) is 5.82 Å². The lowest BCUT2D eigenvalue weighted by molar-refractivity contribution is -0.143. The molecular weight excluding hydrogens is 472 g/mol. The van der Waals surface area contributed by atoms with Crippen molar-refractivity contribution in [3.05, 3.63) is 81.5 Å². The Hall–Kier alpha value is -4.16. The van der Waals surface area contributed by atoms with Crippen LogP contribution in [0.5, 0.6) is 0 Å². The molecule has 4 heterocycles. The maximum absolute atomic E-state index is 12.5. The Morgan fingerprint density at radius 2 is 1.86 bits per heavy atom. The van der Waals surface area contributed by atoms with Crippen molar-refractivity contribution >= 4 is 23.0 Å². The smallest absolute Gasteiger partial charge is 0.308 e. The Kier molecular flexibility index (Phi) is 6.20. The number of carbonyl (C=O) groups is 1. The van der Waals surface area contributed by atoms with Gasteiger partial charge < -0.3 is 4.74 Å². The van der Waals surface area contributed by atoms with Crippen LogP contribution in [0.1, 0.15) is 58.2 Å². The minimum Gasteiger partial charge on any atom is -0.466 e. The molecule has 0 aliphatic carbocycles. The molecule has 8 nitrogen and oxygen atoms in total. The minimum atomic E-state index is -0.532. The van der Waals surface area contributed by atoms with Crippen molar-refractivity contribution in [2.24, 2.45) is 4.99 Å². The number of thiophene rings is 1. The lowest BCUT2D eigenvalue weighted by Crippen LogP contribution is -2.13. The van der Waals surface area contributed by atoms with Crippen molar-refractivity contribution in [1.82, 2.24) is 19.7 Å². The highest BCUT2D eigenvalue weighted by Crippen LogP contribution is 2.39. The van der Waals surface area contributed by atoms with Gasteiger partial charge in [-0.2, -0.15) is 5.26 Å². The number of pyridine rings is 1. The molecule has 36 heavy (non-hydrogen) atoms. The molecule has 0 unspecified atom stereocenters. The second kappa shape index (κ2) is 9.47. The predicted molar refractivity (Wildman–Crippen MR) is 137 cm³/mol. The van der Waals surface area contributed by atoms with Gasteiger partial charge in [-0.15, -0.1) is 21.5 Å². The van der Waals surface area contributed by atoms with Crippen LogP contribution in [0.2, 0.25) is 0 Å². The number of nitrogens with zero attached hydrogens (tertiary/aromatic N) is 6. The van der Waals surface area contributed by atoms with Gasteiger partial charge in [-0.25, -0.2) is 0 Å². The number of benzene rings is 1. The van der Waals surface area contributed by atoms with Crippen LogP contribution in [0.4, 0.5) is 0 Å². The first-order valence-electron chi connectivity index (χ1n) is 11.6. The van der Waals surface area contributed by atoms with E-state index in [-0.39, 0.29) is 12.4 Å². The number of hydrogen-bond donors (Lipinski definition) is 0. The molecule has 1 atom stereocenters. The second-order valence-corrected chi connectivity index (χ2v) is 9.76. The van der Waals surface area contributed by atoms with Gasteiger partial charge in [-0.3, -0.25) is 19.3 Å². The number of aliphatic imine (C=N–C) groups is 1. The van der Waals surface area contributed by atoms with E-state index in [9.17, 15) is 10.1 Å². The molecule has 0 fully saturated rings. The standard InChI is InChI=1S/C27H24N6O2S/c1-5-35-23(34)11-22-26-32-31-17(4)33(26)27-24(15(2)16(3)36-27)25(30-22)20-8-6-19(7-9-20)21-10-18(12-28)13-29-14-21/h6-10,13-14,22H,5,11H2,1-4H3/t22-/m0/s1. The highest BCUT2D eigenvalue weighted by atomic mass is 32.1. The molecule has 1 aromatic carbocycles. The summed E-state index contributed by atoms with van der Waals surface area (Å²) in [6.45, 7) is 8.20. The number of aromatic nitrogens is 4. The third-order valence-electron chi connectivity index (χ3n) is 6.26. The zero-order valence-corrected chi connectivity index (χ0v) is 21.3. The van der Waals surface area contributed by atoms with E-state index in [0.717, 1.165) is 44.4 Å². The molecular formula is C27H24N6O2S. The van der Waals surface area contributed by atoms with Gasteiger partial charge in [0.05, 0.1) is 24.3 Å². The summed E-state index contributed by atoms with van der Waals surface area (Å²) in [7, 11) is 0. The van der Waals surface area contributed by atoms with E-state index >= 15 is 0 Å². The fourth-order valence-electron chi connectivity index (χ4n) is 4.38. The second-order valence-electron chi connectivity index (χ2n) is 8.56. The molecule has 0 amide bonds. The summed E-state index contributed by atoms with van der Waals surface area (Å²) >= 11 is 1.67. The van der Waals surface area contributed by atoms with E-state index in [2.05, 4.69) is 35.1 Å². The number of rotatable bonds is 5. The van der Waals surface area contributed by atoms with Gasteiger partial charge in [0.25, 0.3) is 0 Å². The van der Waals surface area contributed by atoms with Crippen LogP contribution in [0.3, 0.4) is 0 Å². The third kappa shape index (κ3) is 4.10. The number of esters is 1. The SMILES string of the molecule is CCOC(=O)C[C@@H]1N=C(c2ccc(-c3cncc(C#N)c3)cc2)c2c(sc(C)c2C)-n2c(C)nnc21. The summed E-state index contributed by atoms with van der Waals surface area (Å²) in [6, 6.07) is 11.5. The summed E-state index contributed by atoms with van der Waals surface area (Å²) in [5.74, 6) is 1.06. The van der Waals surface area contributed by atoms with E-state index in [0.29, 0.717) is 18.0 Å². The van der Waals surface area contributed by atoms with E-state index in [4.69, 9.17) is 9.73 Å². The van der Waals surface area contributed by atoms with Crippen molar-refractivity contribution in [1.29, 1.82) is 5.26 Å². The van der Waals surface area contributed by atoms with Gasteiger partial charge in [0.1, 0.15) is 22.9 Å². The third-order valence-corrected chi connectivity index (χ3v) is 7.46. The lowest BCUT2D eigenvalue weighted by Gasteiger charge is -2.12. The Morgan fingerprint density at radius 3 is 2.58 bits per heavy atom. The van der Waals surface area contributed by atoms with Gasteiger partial charge in [0.2, 0.25) is 0 Å². The molecule has 5 rings (SSSR count). The average Bonchev–Trinajstić information content (AvgIpc) is 3.36. The number of carbonyl (C=O) groups excluding carboxylic acids is 1. The van der Waals surface area contributed by atoms with E-state index in [1.807, 2.05) is 41.8 Å². The number of ether oxygens (including phenoxy) is 1. The first-order chi connectivity index (χ1) is 17.4. The van der Waals surface area contributed by atoms with Crippen LogP contribution >= 0.6 is 11.3 Å². The topological polar surface area (TPSA) is 106 Å². The van der Waals surface area contributed by atoms with Crippen LogP contribution < -0.4 is 0 Å². The van der Waals surface area contributed by atoms with Gasteiger partial charge in [-0.05, 0) is 44.9 Å². The first kappa shape index (κ1) is 23.6. The molecule has 3 aromatic heterocycles. The van der Waals surface area contributed by atoms with Gasteiger partial charge >= 0.3 is 5.97 Å². The summed E-state index contributed by atoms with van der Waals surface area (Å²) in [5, 5.41) is 18.9. The molecule has 0 saturated heterocycles. The zero-order chi connectivity index (χ0) is 25.4. The zero-order valence-electron chi connectivity index (χ0n) is 20.4. The van der Waals surface area contributed by atoms with Crippen molar-refractivity contribution in [2.75, 3.05) is 6.61 Å². The number of hydrogen-bond acceptors (Lipinski definition) is 8. The summed E-state index contributed by atoms with van der Waals surface area (Å²) in [6.07, 6.45) is 3.37. The molecule has 1 aliphatic rings. The van der Waals surface area contributed by atoms with Crippen molar-refractivity contribution < 1.29 is 9.53 Å². The van der Waals surface area contributed by atoms with Gasteiger partial charge in [0, 0.05) is 34.0 Å². The van der Waals surface area contributed by atoms with Crippen molar-refractivity contribution in [3.8, 4) is 22.2 Å². The van der Waals surface area contributed by atoms with Crippen molar-refractivity contribution in [3.63, 3.8) is 0 Å². The Bertz CT molecular complexity index is 1540. The number of fused-ring (bicyclic) bond motifs is 3. The lowest BCUT2D eigenvalue weighted by atomic mass is 9.97. The molecule has 0 N–H and O–H groups in total. The fourth-order valence-corrected chi connectivity index (χ4v) is 5.60. The van der Waals surface area contributed by atoms with Crippen LogP contribution in [0, 0.1) is 32.1 Å². The molecule has 180 valence electrons. The predicted octanol–water partition coefficient (Wildman–Crippen LogP) is 5.03. The maximum atomic E-state index is 12.5. The normalized spacial score (nSPS) is 14.3. The highest BCUT2D eigenvalue weighted by Gasteiger charge is 2.32. The minimum absolute atomic E-state index is 0.0765. The molecule has 4 aromatic rings. The molecule has 0 saturated carbocycles. The Morgan fingerprint density at radius 1 is 1.11 bits per heavy atom. The van der Waals surface area contributed by atoms with Gasteiger partial charge in [-0.1, -0.05) is 24.3 Å². The Balaban J connectivity index is 1.65. The van der Waals surface area contributed by atoms with Crippen molar-refractivity contribution in [2.45, 2.75) is 40.2 Å². The number of aryl methyl sites for hydroxylation is 2. The summed E-state index contributed by atoms with van der Waals surface area (Å²) in [4.78, 5) is 23.0. The largest absolute Gasteiger partial charge is 0.466 e. The first-order valence-corrected chi connectivity index (χ1v) is 12.4. The molecule has 0 spiro atoms. The van der Waals surface area contributed by atoms with Crippen LogP contribution in [-0.4, -0.2) is 38.0 Å². The van der Waals surface area contributed by atoms with E-state index < -0.39 is 6.04 Å². The molecule has 9 heteroatoms. The van der Waals surface area contributed by atoms with Crippen LogP contribution in [0.15, 0.2) is 47.7 Å². The number of nitriles is 1. The summed E-state index contributed by atoms with van der Waals surface area (Å²) < 4.78 is 7.26. The quantitative estimate of drug-likeness (QED) is 0.359. The summed E-state index contributed by atoms with van der Waals surface area (Å²) in [5.41, 5.74) is 6.23. The van der Waals surface area contributed by atoms with Crippen LogP contribution in [0.25, 0.3) is 16.1 Å². The average molecular weight is 497 g/mol. The molecule has 0 radical (unpaired) electrons. The van der Waals surface area contributed by atoms with E-state index in [1.165, 1.54) is 4.88 Å². The van der Waals surface area contributed by atoms with Crippen LogP contribution in [-0.2, 0) is 9.53 Å². The molecule has 1 aliphatic heterocycles. The Labute approximate surface area is 212 Å². The monoisotopic (exact) mass is 496 g/mol. The fraction of sp³-hybridized carbons (Fsp3) is 0.259.